The second-order valence-electron chi connectivity index (χ2n) is 5.12. The van der Waals surface area contributed by atoms with Gasteiger partial charge in [0.2, 0.25) is 10.0 Å². The summed E-state index contributed by atoms with van der Waals surface area (Å²) in [5, 5.41) is 0. The topological polar surface area (TPSA) is 85.1 Å². The summed E-state index contributed by atoms with van der Waals surface area (Å²) in [7, 11) is -3.23. The highest BCUT2D eigenvalue weighted by Gasteiger charge is 2.22. The molecule has 19 heavy (non-hydrogen) atoms. The van der Waals surface area contributed by atoms with E-state index in [9.17, 15) is 8.42 Å². The van der Waals surface area contributed by atoms with Gasteiger partial charge in [0.15, 0.2) is 0 Å². The molecular formula is C13H21N3O2S. The number of rotatable bonds is 5. The van der Waals surface area contributed by atoms with Crippen molar-refractivity contribution in [3.8, 4) is 0 Å². The molecule has 0 radical (unpaired) electrons. The van der Waals surface area contributed by atoms with Crippen molar-refractivity contribution in [2.45, 2.75) is 44.2 Å². The molecule has 0 atom stereocenters. The fourth-order valence-electron chi connectivity index (χ4n) is 2.33. The molecule has 0 bridgehead atoms. The number of sulfonamides is 1. The number of aromatic nitrogens is 1. The Morgan fingerprint density at radius 3 is 2.63 bits per heavy atom. The molecule has 0 unspecified atom stereocenters. The molecule has 1 heterocycles. The van der Waals surface area contributed by atoms with Gasteiger partial charge in [0.25, 0.3) is 0 Å². The predicted octanol–water partition coefficient (Wildman–Crippen LogP) is 0.813. The number of nitrogens with two attached hydrogens (primary N) is 1. The molecule has 5 nitrogen and oxygen atoms in total. The normalized spacial score (nSPS) is 24.3. The Balaban J connectivity index is 1.82. The van der Waals surface area contributed by atoms with Crippen LogP contribution in [0.15, 0.2) is 24.4 Å². The molecule has 1 aromatic heterocycles. The molecule has 0 aliphatic heterocycles. The quantitative estimate of drug-likeness (QED) is 0.837. The number of hydrogen-bond donors (Lipinski definition) is 2. The number of nitrogens with one attached hydrogen (secondary N) is 1. The fourth-order valence-corrected chi connectivity index (χ4v) is 3.67. The maximum absolute atomic E-state index is 12.0. The van der Waals surface area contributed by atoms with Gasteiger partial charge in [-0.2, -0.15) is 0 Å². The van der Waals surface area contributed by atoms with Crippen molar-refractivity contribution < 1.29 is 8.42 Å². The number of nitrogens with zero attached hydrogens (tertiary/aromatic N) is 1. The summed E-state index contributed by atoms with van der Waals surface area (Å²) < 4.78 is 26.7. The first kappa shape index (κ1) is 14.4. The average Bonchev–Trinajstić information content (AvgIpc) is 2.40. The van der Waals surface area contributed by atoms with E-state index < -0.39 is 10.0 Å². The number of hydrogen-bond acceptors (Lipinski definition) is 4. The highest BCUT2D eigenvalue weighted by atomic mass is 32.2. The second kappa shape index (κ2) is 6.45. The van der Waals surface area contributed by atoms with Gasteiger partial charge in [0.05, 0.1) is 5.75 Å². The van der Waals surface area contributed by atoms with Gasteiger partial charge in [-0.1, -0.05) is 6.07 Å². The lowest BCUT2D eigenvalue weighted by Gasteiger charge is -2.26. The Morgan fingerprint density at radius 2 is 2.00 bits per heavy atom. The van der Waals surface area contributed by atoms with Crippen LogP contribution in [0.2, 0.25) is 0 Å². The monoisotopic (exact) mass is 283 g/mol. The van der Waals surface area contributed by atoms with Crippen LogP contribution in [0, 0.1) is 0 Å². The third kappa shape index (κ3) is 4.89. The van der Waals surface area contributed by atoms with Crippen molar-refractivity contribution in [2.24, 2.45) is 5.73 Å². The molecule has 1 aliphatic rings. The molecular weight excluding hydrogens is 262 g/mol. The SMILES string of the molecule is NC1CCC(NS(=O)(=O)CCc2ccccn2)CC1. The molecule has 1 aliphatic carbocycles. The van der Waals surface area contributed by atoms with E-state index in [0.29, 0.717) is 6.42 Å². The summed E-state index contributed by atoms with van der Waals surface area (Å²) in [6.07, 6.45) is 5.59. The zero-order valence-corrected chi connectivity index (χ0v) is 11.8. The maximum atomic E-state index is 12.0. The van der Waals surface area contributed by atoms with Crippen molar-refractivity contribution in [3.05, 3.63) is 30.1 Å². The van der Waals surface area contributed by atoms with E-state index in [0.717, 1.165) is 31.4 Å². The summed E-state index contributed by atoms with van der Waals surface area (Å²) in [6, 6.07) is 5.81. The van der Waals surface area contributed by atoms with Crippen LogP contribution in [-0.4, -0.2) is 31.2 Å². The van der Waals surface area contributed by atoms with E-state index in [1.807, 2.05) is 18.2 Å². The van der Waals surface area contributed by atoms with Gasteiger partial charge >= 0.3 is 0 Å². The van der Waals surface area contributed by atoms with Crippen LogP contribution in [0.1, 0.15) is 31.4 Å². The minimum Gasteiger partial charge on any atom is -0.328 e. The van der Waals surface area contributed by atoms with E-state index in [1.54, 1.807) is 6.20 Å². The van der Waals surface area contributed by atoms with E-state index in [1.165, 1.54) is 0 Å². The lowest BCUT2D eigenvalue weighted by molar-refractivity contribution is 0.373. The highest BCUT2D eigenvalue weighted by molar-refractivity contribution is 7.89. The van der Waals surface area contributed by atoms with Crippen molar-refractivity contribution >= 4 is 10.0 Å². The Morgan fingerprint density at radius 1 is 1.26 bits per heavy atom. The zero-order valence-electron chi connectivity index (χ0n) is 11.0. The average molecular weight is 283 g/mol. The van der Waals surface area contributed by atoms with Gasteiger partial charge in [0, 0.05) is 30.4 Å². The molecule has 1 fully saturated rings. The standard InChI is InChI=1S/C13H21N3O2S/c14-11-4-6-13(7-5-11)16-19(17,18)10-8-12-3-1-2-9-15-12/h1-3,9,11,13,16H,4-8,10,14H2. The van der Waals surface area contributed by atoms with Crippen LogP contribution in [0.3, 0.4) is 0 Å². The van der Waals surface area contributed by atoms with E-state index in [4.69, 9.17) is 5.73 Å². The van der Waals surface area contributed by atoms with Gasteiger partial charge in [-0.3, -0.25) is 4.98 Å². The van der Waals surface area contributed by atoms with Crippen LogP contribution in [-0.2, 0) is 16.4 Å². The first-order valence-corrected chi connectivity index (χ1v) is 8.36. The maximum Gasteiger partial charge on any atom is 0.212 e. The van der Waals surface area contributed by atoms with Crippen LogP contribution >= 0.6 is 0 Å². The van der Waals surface area contributed by atoms with Crippen molar-refractivity contribution in [3.63, 3.8) is 0 Å². The minimum absolute atomic E-state index is 0.0496. The summed E-state index contributed by atoms with van der Waals surface area (Å²) in [6.45, 7) is 0. The molecule has 1 saturated carbocycles. The Labute approximate surface area is 114 Å². The zero-order chi connectivity index (χ0) is 13.7. The Kier molecular flexibility index (Phi) is 4.90. The molecule has 0 spiro atoms. The van der Waals surface area contributed by atoms with Gasteiger partial charge in [-0.15, -0.1) is 0 Å². The lowest BCUT2D eigenvalue weighted by Crippen LogP contribution is -2.41. The van der Waals surface area contributed by atoms with Gasteiger partial charge in [-0.05, 0) is 37.8 Å². The largest absolute Gasteiger partial charge is 0.328 e. The van der Waals surface area contributed by atoms with Crippen molar-refractivity contribution in [1.82, 2.24) is 9.71 Å². The summed E-state index contributed by atoms with van der Waals surface area (Å²) >= 11 is 0. The summed E-state index contributed by atoms with van der Waals surface area (Å²) in [5.41, 5.74) is 6.61. The predicted molar refractivity (Wildman–Crippen MR) is 75.1 cm³/mol. The van der Waals surface area contributed by atoms with E-state index in [2.05, 4.69) is 9.71 Å². The summed E-state index contributed by atoms with van der Waals surface area (Å²) in [4.78, 5) is 4.13. The highest BCUT2D eigenvalue weighted by Crippen LogP contribution is 2.17. The van der Waals surface area contributed by atoms with Crippen LogP contribution in [0.5, 0.6) is 0 Å². The van der Waals surface area contributed by atoms with Crippen molar-refractivity contribution in [1.29, 1.82) is 0 Å². The third-order valence-electron chi connectivity index (χ3n) is 3.47. The lowest BCUT2D eigenvalue weighted by atomic mass is 9.93. The van der Waals surface area contributed by atoms with Gasteiger partial charge < -0.3 is 5.73 Å². The minimum atomic E-state index is -3.23. The van der Waals surface area contributed by atoms with Crippen LogP contribution in [0.25, 0.3) is 0 Å². The third-order valence-corrected chi connectivity index (χ3v) is 4.91. The van der Waals surface area contributed by atoms with E-state index >= 15 is 0 Å². The van der Waals surface area contributed by atoms with Crippen LogP contribution in [0.4, 0.5) is 0 Å². The van der Waals surface area contributed by atoms with E-state index in [-0.39, 0.29) is 17.8 Å². The molecule has 3 N–H and O–H groups in total. The molecule has 1 aromatic rings. The molecule has 0 aromatic carbocycles. The smallest absolute Gasteiger partial charge is 0.212 e. The van der Waals surface area contributed by atoms with Gasteiger partial charge in [0.1, 0.15) is 0 Å². The first-order chi connectivity index (χ1) is 9.05. The van der Waals surface area contributed by atoms with Gasteiger partial charge in [-0.25, -0.2) is 13.1 Å². The number of pyridine rings is 1. The Hall–Kier alpha value is -0.980. The molecule has 0 amide bonds. The Bertz CT molecular complexity index is 482. The van der Waals surface area contributed by atoms with Crippen LogP contribution < -0.4 is 10.5 Å². The number of aryl methyl sites for hydroxylation is 1. The molecule has 6 heteroatoms. The fraction of sp³-hybridized carbons (Fsp3) is 0.615. The molecule has 106 valence electrons. The summed E-state index contributed by atoms with van der Waals surface area (Å²) in [5.74, 6) is 0.0898. The first-order valence-electron chi connectivity index (χ1n) is 6.71. The second-order valence-corrected chi connectivity index (χ2v) is 6.99. The molecule has 0 saturated heterocycles. The molecule has 2 rings (SSSR count). The van der Waals surface area contributed by atoms with Crippen molar-refractivity contribution in [2.75, 3.05) is 5.75 Å².